The molecule has 0 radical (unpaired) electrons. The molecule has 2 aromatic rings. The number of rotatable bonds is 7. The number of carbonyl (C=O) groups is 1. The summed E-state index contributed by atoms with van der Waals surface area (Å²) in [4.78, 5) is 12.6. The highest BCUT2D eigenvalue weighted by Crippen LogP contribution is 2.41. The van der Waals surface area contributed by atoms with Gasteiger partial charge in [0.1, 0.15) is 11.5 Å². The van der Waals surface area contributed by atoms with Gasteiger partial charge in [-0.25, -0.2) is 0 Å². The summed E-state index contributed by atoms with van der Waals surface area (Å²) < 4.78 is 51.6. The van der Waals surface area contributed by atoms with E-state index in [1.165, 1.54) is 0 Å². The molecule has 0 spiro atoms. The standard InChI is InChI=1S/C22H22ClF3N2O5/c1-11(27-21(30)20-10-17(29)16-8-13(23)3-5-18(16)31-20)2-4-14-9-19(33-28-14)12-6-15(7-12)32-22(24,25)26/h3,5,8-9,12,15,17,20,29H,1-2,4,6-7,10H2,(H,27,30)/t12-,15+,17-,20-/m1/s1. The summed E-state index contributed by atoms with van der Waals surface area (Å²) in [6.45, 7) is 3.84. The predicted octanol–water partition coefficient (Wildman–Crippen LogP) is 4.56. The number of amides is 1. The molecule has 1 fully saturated rings. The van der Waals surface area contributed by atoms with Gasteiger partial charge in [0.25, 0.3) is 5.91 Å². The summed E-state index contributed by atoms with van der Waals surface area (Å²) >= 11 is 5.94. The molecule has 0 unspecified atom stereocenters. The van der Waals surface area contributed by atoms with Crippen LogP contribution in [0.15, 0.2) is 41.1 Å². The number of benzene rings is 1. The Bertz CT molecular complexity index is 1040. The average Bonchev–Trinajstić information content (AvgIpc) is 3.17. The van der Waals surface area contributed by atoms with Crippen LogP contribution in [0.2, 0.25) is 5.02 Å². The van der Waals surface area contributed by atoms with Crippen LogP contribution in [-0.4, -0.2) is 34.7 Å². The van der Waals surface area contributed by atoms with Crippen LogP contribution in [-0.2, 0) is 16.0 Å². The molecule has 2 aliphatic rings. The number of ether oxygens (including phenoxy) is 2. The zero-order valence-corrected chi connectivity index (χ0v) is 18.2. The van der Waals surface area contributed by atoms with E-state index in [1.54, 1.807) is 24.3 Å². The Hall–Kier alpha value is -2.56. The van der Waals surface area contributed by atoms with Crippen LogP contribution in [0.4, 0.5) is 13.2 Å². The van der Waals surface area contributed by atoms with Crippen molar-refractivity contribution in [3.05, 3.63) is 58.6 Å². The van der Waals surface area contributed by atoms with Crippen molar-refractivity contribution in [1.29, 1.82) is 0 Å². The monoisotopic (exact) mass is 486 g/mol. The van der Waals surface area contributed by atoms with Crippen molar-refractivity contribution < 1.29 is 37.1 Å². The molecule has 7 nitrogen and oxygen atoms in total. The largest absolute Gasteiger partial charge is 0.522 e. The highest BCUT2D eigenvalue weighted by atomic mass is 35.5. The number of allylic oxidation sites excluding steroid dienone is 1. The maximum atomic E-state index is 12.6. The van der Waals surface area contributed by atoms with Gasteiger partial charge < -0.3 is 19.7 Å². The third kappa shape index (κ3) is 5.87. The van der Waals surface area contributed by atoms with Crippen LogP contribution < -0.4 is 10.1 Å². The van der Waals surface area contributed by atoms with E-state index in [-0.39, 0.29) is 25.2 Å². The van der Waals surface area contributed by atoms with Crippen LogP contribution in [0.25, 0.3) is 0 Å². The summed E-state index contributed by atoms with van der Waals surface area (Å²) in [7, 11) is 0. The van der Waals surface area contributed by atoms with Gasteiger partial charge in [-0.3, -0.25) is 9.53 Å². The molecule has 1 aromatic carbocycles. The first kappa shape index (κ1) is 23.6. The quantitative estimate of drug-likeness (QED) is 0.596. The molecule has 0 saturated heterocycles. The second-order valence-electron chi connectivity index (χ2n) is 8.21. The van der Waals surface area contributed by atoms with Crippen LogP contribution >= 0.6 is 11.6 Å². The maximum absolute atomic E-state index is 12.6. The Morgan fingerprint density at radius 1 is 1.30 bits per heavy atom. The summed E-state index contributed by atoms with van der Waals surface area (Å²) in [6.07, 6.45) is -5.92. The van der Waals surface area contributed by atoms with E-state index >= 15 is 0 Å². The second kappa shape index (κ2) is 9.36. The second-order valence-corrected chi connectivity index (χ2v) is 8.64. The number of alkyl halides is 3. The molecule has 1 saturated carbocycles. The lowest BCUT2D eigenvalue weighted by atomic mass is 9.80. The third-order valence-electron chi connectivity index (χ3n) is 5.69. The van der Waals surface area contributed by atoms with Crippen molar-refractivity contribution in [2.75, 3.05) is 0 Å². The van der Waals surface area contributed by atoms with E-state index in [4.69, 9.17) is 20.9 Å². The van der Waals surface area contributed by atoms with E-state index in [0.29, 0.717) is 46.3 Å². The van der Waals surface area contributed by atoms with Crippen molar-refractivity contribution in [2.24, 2.45) is 0 Å². The Morgan fingerprint density at radius 2 is 2.06 bits per heavy atom. The smallest absolute Gasteiger partial charge is 0.480 e. The molecule has 2 atom stereocenters. The molecule has 1 aliphatic heterocycles. The normalized spacial score (nSPS) is 24.4. The van der Waals surface area contributed by atoms with E-state index in [9.17, 15) is 23.1 Å². The third-order valence-corrected chi connectivity index (χ3v) is 5.92. The summed E-state index contributed by atoms with van der Waals surface area (Å²) in [5.74, 6) is 0.336. The molecule has 1 aliphatic carbocycles. The predicted molar refractivity (Wildman–Crippen MR) is 110 cm³/mol. The number of hydrogen-bond donors (Lipinski definition) is 2. The fourth-order valence-electron chi connectivity index (χ4n) is 3.90. The van der Waals surface area contributed by atoms with Crippen molar-refractivity contribution >= 4 is 17.5 Å². The van der Waals surface area contributed by atoms with Crippen LogP contribution in [0.3, 0.4) is 0 Å². The average molecular weight is 487 g/mol. The Kier molecular flexibility index (Phi) is 6.69. The number of aryl methyl sites for hydroxylation is 1. The van der Waals surface area contributed by atoms with E-state index in [0.717, 1.165) is 0 Å². The lowest BCUT2D eigenvalue weighted by Gasteiger charge is -2.33. The zero-order valence-electron chi connectivity index (χ0n) is 17.4. The van der Waals surface area contributed by atoms with E-state index < -0.39 is 30.6 Å². The Labute approximate surface area is 192 Å². The number of carbonyl (C=O) groups excluding carboxylic acids is 1. The van der Waals surface area contributed by atoms with Crippen molar-refractivity contribution in [1.82, 2.24) is 10.5 Å². The molecule has 2 N–H and O–H groups in total. The lowest BCUT2D eigenvalue weighted by molar-refractivity contribution is -0.352. The molecule has 2 heterocycles. The van der Waals surface area contributed by atoms with Crippen molar-refractivity contribution in [3.8, 4) is 5.75 Å². The van der Waals surface area contributed by atoms with Gasteiger partial charge in [0.2, 0.25) is 0 Å². The molecular formula is C22H22ClF3N2O5. The molecule has 33 heavy (non-hydrogen) atoms. The van der Waals surface area contributed by atoms with E-state index in [1.807, 2.05) is 0 Å². The maximum Gasteiger partial charge on any atom is 0.522 e. The first-order valence-corrected chi connectivity index (χ1v) is 10.8. The van der Waals surface area contributed by atoms with Crippen LogP contribution in [0.5, 0.6) is 5.75 Å². The minimum absolute atomic E-state index is 0.0829. The van der Waals surface area contributed by atoms with Gasteiger partial charge in [-0.2, -0.15) is 0 Å². The minimum Gasteiger partial charge on any atom is -0.480 e. The zero-order chi connectivity index (χ0) is 23.8. The van der Waals surface area contributed by atoms with E-state index in [2.05, 4.69) is 21.8 Å². The fraction of sp³-hybridized carbons (Fsp3) is 0.455. The summed E-state index contributed by atoms with van der Waals surface area (Å²) in [5, 5.41) is 17.4. The Morgan fingerprint density at radius 3 is 2.79 bits per heavy atom. The fourth-order valence-corrected chi connectivity index (χ4v) is 4.08. The highest BCUT2D eigenvalue weighted by molar-refractivity contribution is 6.30. The van der Waals surface area contributed by atoms with Gasteiger partial charge in [0.15, 0.2) is 6.10 Å². The topological polar surface area (TPSA) is 93.8 Å². The number of halogens is 4. The SMILES string of the molecule is C=C(CCc1cc([C@H]2C[C@@H](OC(F)(F)F)C2)on1)NC(=O)[C@H]1C[C@@H](O)c2cc(Cl)ccc2O1. The number of nitrogens with zero attached hydrogens (tertiary/aromatic N) is 1. The highest BCUT2D eigenvalue weighted by Gasteiger charge is 2.42. The number of aliphatic hydroxyl groups excluding tert-OH is 1. The summed E-state index contributed by atoms with van der Waals surface area (Å²) in [6, 6.07) is 6.53. The van der Waals surface area contributed by atoms with Crippen LogP contribution in [0.1, 0.15) is 54.7 Å². The van der Waals surface area contributed by atoms with Crippen molar-refractivity contribution in [2.45, 2.75) is 62.7 Å². The van der Waals surface area contributed by atoms with Gasteiger partial charge in [-0.05, 0) is 43.9 Å². The minimum atomic E-state index is -4.63. The number of fused-ring (bicyclic) bond motifs is 1. The molecule has 178 valence electrons. The van der Waals surface area contributed by atoms with Crippen molar-refractivity contribution in [3.63, 3.8) is 0 Å². The number of aromatic nitrogens is 1. The van der Waals surface area contributed by atoms with Crippen LogP contribution in [0, 0.1) is 0 Å². The molecule has 11 heteroatoms. The lowest BCUT2D eigenvalue weighted by Crippen LogP contribution is -2.41. The molecule has 0 bridgehead atoms. The molecular weight excluding hydrogens is 465 g/mol. The van der Waals surface area contributed by atoms with Gasteiger partial charge in [-0.15, -0.1) is 13.2 Å². The van der Waals surface area contributed by atoms with Gasteiger partial charge >= 0.3 is 6.36 Å². The van der Waals surface area contributed by atoms with Gasteiger partial charge in [0, 0.05) is 34.7 Å². The number of hydrogen-bond acceptors (Lipinski definition) is 6. The number of aliphatic hydroxyl groups is 1. The first-order valence-electron chi connectivity index (χ1n) is 10.4. The summed E-state index contributed by atoms with van der Waals surface area (Å²) in [5.41, 5.74) is 1.58. The number of nitrogens with one attached hydrogen (secondary N) is 1. The first-order chi connectivity index (χ1) is 15.6. The Balaban J connectivity index is 1.23. The molecule has 1 aromatic heterocycles. The van der Waals surface area contributed by atoms with Gasteiger partial charge in [-0.1, -0.05) is 23.3 Å². The molecule has 1 amide bonds. The molecule has 4 rings (SSSR count). The van der Waals surface area contributed by atoms with Gasteiger partial charge in [0.05, 0.1) is 17.9 Å².